The normalized spacial score (nSPS) is 13.8. The molecule has 0 aliphatic heterocycles. The van der Waals surface area contributed by atoms with Crippen LogP contribution < -0.4 is 5.84 Å². The molecule has 0 unspecified atom stereocenters. The molecule has 12 heavy (non-hydrogen) atoms. The van der Waals surface area contributed by atoms with E-state index in [4.69, 9.17) is 16.1 Å². The van der Waals surface area contributed by atoms with E-state index < -0.39 is 12.2 Å². The van der Waals surface area contributed by atoms with Gasteiger partial charge in [-0.15, -0.1) is 0 Å². The highest BCUT2D eigenvalue weighted by atomic mass is 16.4. The summed E-state index contributed by atoms with van der Waals surface area (Å²) in [6.07, 6.45) is -1.44. The van der Waals surface area contributed by atoms with Crippen LogP contribution in [-0.4, -0.2) is 34.0 Å². The highest BCUT2D eigenvalue weighted by molar-refractivity contribution is 5.67. The lowest BCUT2D eigenvalue weighted by Crippen LogP contribution is -2.44. The molecule has 0 amide bonds. The van der Waals surface area contributed by atoms with E-state index in [-0.39, 0.29) is 6.42 Å². The summed E-state index contributed by atoms with van der Waals surface area (Å²) >= 11 is 0. The van der Waals surface area contributed by atoms with E-state index in [0.29, 0.717) is 12.5 Å². The lowest BCUT2D eigenvalue weighted by Gasteiger charge is -2.22. The maximum atomic E-state index is 10.2. The van der Waals surface area contributed by atoms with Gasteiger partial charge in [0.15, 0.2) is 0 Å². The third-order valence-electron chi connectivity index (χ3n) is 1.32. The molecule has 0 aromatic rings. The minimum Gasteiger partial charge on any atom is -0.481 e. The van der Waals surface area contributed by atoms with Crippen LogP contribution in [0, 0.1) is 5.92 Å². The molecule has 0 aliphatic rings. The Balaban J connectivity index is 3.76. The first-order chi connectivity index (χ1) is 5.43. The second kappa shape index (κ2) is 5.08. The smallest absolute Gasteiger partial charge is 0.307 e. The van der Waals surface area contributed by atoms with E-state index in [2.05, 4.69) is 0 Å². The molecule has 5 nitrogen and oxygen atoms in total. The van der Waals surface area contributed by atoms with Gasteiger partial charge in [0.05, 0.1) is 6.42 Å². The zero-order chi connectivity index (χ0) is 9.72. The number of nitrogens with two attached hydrogens (primary N) is 1. The van der Waals surface area contributed by atoms with Crippen LogP contribution in [0.2, 0.25) is 0 Å². The van der Waals surface area contributed by atoms with Crippen LogP contribution in [0.1, 0.15) is 20.3 Å². The van der Waals surface area contributed by atoms with Gasteiger partial charge in [0.25, 0.3) is 0 Å². The fourth-order valence-corrected chi connectivity index (χ4v) is 0.817. The molecule has 0 rings (SSSR count). The number of hydrogen-bond acceptors (Lipinski definition) is 4. The zero-order valence-corrected chi connectivity index (χ0v) is 7.40. The monoisotopic (exact) mass is 176 g/mol. The van der Waals surface area contributed by atoms with E-state index in [9.17, 15) is 4.79 Å². The summed E-state index contributed by atoms with van der Waals surface area (Å²) in [6.45, 7) is 4.36. The number of nitrogens with zero attached hydrogens (tertiary/aromatic N) is 1. The molecule has 0 saturated heterocycles. The van der Waals surface area contributed by atoms with Gasteiger partial charge in [-0.05, 0) is 5.92 Å². The van der Waals surface area contributed by atoms with Gasteiger partial charge >= 0.3 is 5.97 Å². The number of carboxylic acid groups (broad SMARTS) is 1. The molecule has 5 heteroatoms. The van der Waals surface area contributed by atoms with Gasteiger partial charge < -0.3 is 10.2 Å². The van der Waals surface area contributed by atoms with E-state index in [1.807, 2.05) is 13.8 Å². The largest absolute Gasteiger partial charge is 0.481 e. The van der Waals surface area contributed by atoms with Crippen molar-refractivity contribution >= 4 is 5.97 Å². The molecule has 0 spiro atoms. The summed E-state index contributed by atoms with van der Waals surface area (Å²) in [5.41, 5.74) is 0. The molecule has 0 heterocycles. The summed E-state index contributed by atoms with van der Waals surface area (Å²) in [7, 11) is 0. The van der Waals surface area contributed by atoms with Crippen molar-refractivity contribution in [2.45, 2.75) is 26.5 Å². The van der Waals surface area contributed by atoms with Crippen LogP contribution in [0.5, 0.6) is 0 Å². The quantitative estimate of drug-likeness (QED) is 0.302. The molecule has 0 radical (unpaired) electrons. The van der Waals surface area contributed by atoms with E-state index in [1.54, 1.807) is 0 Å². The fraction of sp³-hybridized carbons (Fsp3) is 0.857. The van der Waals surface area contributed by atoms with Crippen LogP contribution in [0.4, 0.5) is 0 Å². The molecule has 0 saturated carbocycles. The Hall–Kier alpha value is -0.650. The van der Waals surface area contributed by atoms with Crippen LogP contribution >= 0.6 is 0 Å². The maximum absolute atomic E-state index is 10.2. The fourth-order valence-electron chi connectivity index (χ4n) is 0.817. The Morgan fingerprint density at radius 3 is 2.42 bits per heavy atom. The third-order valence-corrected chi connectivity index (χ3v) is 1.32. The average Bonchev–Trinajstić information content (AvgIpc) is 1.84. The van der Waals surface area contributed by atoms with Crippen LogP contribution in [0.15, 0.2) is 0 Å². The first-order valence-corrected chi connectivity index (χ1v) is 3.84. The zero-order valence-electron chi connectivity index (χ0n) is 7.40. The number of aliphatic hydroxyl groups excluding tert-OH is 1. The molecular formula is C7H16N2O3. The van der Waals surface area contributed by atoms with Crippen LogP contribution in [0.25, 0.3) is 0 Å². The van der Waals surface area contributed by atoms with Gasteiger partial charge in [-0.2, -0.15) is 0 Å². The molecule has 0 aliphatic carbocycles. The SMILES string of the molecule is CC(C)CN(N)[C@@H](O)CC(=O)O. The van der Waals surface area contributed by atoms with Crippen molar-refractivity contribution in [3.63, 3.8) is 0 Å². The predicted molar refractivity (Wildman–Crippen MR) is 44.0 cm³/mol. The number of aliphatic hydroxyl groups is 1. The average molecular weight is 176 g/mol. The van der Waals surface area contributed by atoms with Gasteiger partial charge in [0.2, 0.25) is 0 Å². The van der Waals surface area contributed by atoms with Crippen molar-refractivity contribution in [3.8, 4) is 0 Å². The van der Waals surface area contributed by atoms with Crippen molar-refractivity contribution in [1.29, 1.82) is 0 Å². The summed E-state index contributed by atoms with van der Waals surface area (Å²) < 4.78 is 0. The molecular weight excluding hydrogens is 160 g/mol. The predicted octanol–water partition coefficient (Wildman–Crippen LogP) is -0.389. The highest BCUT2D eigenvalue weighted by Gasteiger charge is 2.15. The second-order valence-electron chi connectivity index (χ2n) is 3.17. The minimum absolute atomic E-state index is 0.304. The summed E-state index contributed by atoms with van der Waals surface area (Å²) in [4.78, 5) is 10.2. The molecule has 0 aromatic heterocycles. The highest BCUT2D eigenvalue weighted by Crippen LogP contribution is 2.00. The number of hydrogen-bond donors (Lipinski definition) is 3. The molecule has 1 atom stereocenters. The summed E-state index contributed by atoms with van der Waals surface area (Å²) in [6, 6.07) is 0. The summed E-state index contributed by atoms with van der Waals surface area (Å²) in [5.74, 6) is 4.64. The third kappa shape index (κ3) is 5.06. The van der Waals surface area contributed by atoms with Crippen LogP contribution in [-0.2, 0) is 4.79 Å². The minimum atomic E-state index is -1.09. The molecule has 0 bridgehead atoms. The Labute approximate surface area is 71.7 Å². The standard InChI is InChI=1S/C7H16N2O3/c1-5(2)4-9(8)6(10)3-7(11)12/h5-6,10H,3-4,8H2,1-2H3,(H,11,12)/t6-/m0/s1. The second-order valence-corrected chi connectivity index (χ2v) is 3.17. The van der Waals surface area contributed by atoms with Gasteiger partial charge in [0.1, 0.15) is 6.23 Å². The Morgan fingerprint density at radius 2 is 2.08 bits per heavy atom. The Morgan fingerprint density at radius 1 is 1.58 bits per heavy atom. The van der Waals surface area contributed by atoms with Gasteiger partial charge in [-0.25, -0.2) is 5.01 Å². The Bertz CT molecular complexity index is 150. The number of hydrazine groups is 1. The molecule has 72 valence electrons. The van der Waals surface area contributed by atoms with E-state index >= 15 is 0 Å². The van der Waals surface area contributed by atoms with Gasteiger partial charge in [0, 0.05) is 6.54 Å². The first kappa shape index (κ1) is 11.4. The number of aliphatic carboxylic acids is 1. The summed E-state index contributed by atoms with van der Waals surface area (Å²) in [5, 5.41) is 18.6. The van der Waals surface area contributed by atoms with Crippen molar-refractivity contribution in [3.05, 3.63) is 0 Å². The first-order valence-electron chi connectivity index (χ1n) is 3.84. The number of carbonyl (C=O) groups is 1. The lowest BCUT2D eigenvalue weighted by molar-refractivity contribution is -0.142. The van der Waals surface area contributed by atoms with Crippen molar-refractivity contribution in [2.75, 3.05) is 6.54 Å². The molecule has 0 fully saturated rings. The van der Waals surface area contributed by atoms with Crippen molar-refractivity contribution in [2.24, 2.45) is 11.8 Å². The number of rotatable bonds is 5. The van der Waals surface area contributed by atoms with E-state index in [0.717, 1.165) is 5.01 Å². The maximum Gasteiger partial charge on any atom is 0.307 e. The molecule has 0 aromatic carbocycles. The molecule has 4 N–H and O–H groups in total. The lowest BCUT2D eigenvalue weighted by atomic mass is 10.2. The van der Waals surface area contributed by atoms with Gasteiger partial charge in [-0.1, -0.05) is 13.8 Å². The topological polar surface area (TPSA) is 86.8 Å². The van der Waals surface area contributed by atoms with Crippen molar-refractivity contribution < 1.29 is 15.0 Å². The van der Waals surface area contributed by atoms with Gasteiger partial charge in [-0.3, -0.25) is 10.6 Å². The van der Waals surface area contributed by atoms with Crippen molar-refractivity contribution in [1.82, 2.24) is 5.01 Å². The van der Waals surface area contributed by atoms with E-state index in [1.165, 1.54) is 0 Å². The number of carboxylic acids is 1. The van der Waals surface area contributed by atoms with Crippen LogP contribution in [0.3, 0.4) is 0 Å². The Kier molecular flexibility index (Phi) is 4.80.